The molecule has 0 aliphatic carbocycles. The van der Waals surface area contributed by atoms with Crippen molar-refractivity contribution in [3.8, 4) is 0 Å². The van der Waals surface area contributed by atoms with Gasteiger partial charge in [0.2, 0.25) is 0 Å². The number of benzene rings is 1. The highest BCUT2D eigenvalue weighted by Crippen LogP contribution is 2.28. The van der Waals surface area contributed by atoms with Crippen molar-refractivity contribution in [1.82, 2.24) is 4.98 Å². The zero-order chi connectivity index (χ0) is 10.3. The molecule has 0 fully saturated rings. The summed E-state index contributed by atoms with van der Waals surface area (Å²) < 4.78 is 13.7. The highest BCUT2D eigenvalue weighted by atomic mass is 79.9. The third kappa shape index (κ3) is 1.44. The van der Waals surface area contributed by atoms with Gasteiger partial charge in [-0.05, 0) is 40.5 Å². The molecule has 0 radical (unpaired) electrons. The van der Waals surface area contributed by atoms with Gasteiger partial charge in [0.1, 0.15) is 5.82 Å². The lowest BCUT2D eigenvalue weighted by Gasteiger charge is -1.96. The van der Waals surface area contributed by atoms with Gasteiger partial charge in [0.25, 0.3) is 0 Å². The zero-order valence-electron chi connectivity index (χ0n) is 7.50. The topological polar surface area (TPSA) is 15.8 Å². The third-order valence-electron chi connectivity index (χ3n) is 2.29. The Morgan fingerprint density at radius 1 is 1.50 bits per heavy atom. The summed E-state index contributed by atoms with van der Waals surface area (Å²) in [6.07, 6.45) is 0. The molecular formula is C10H8BrClFN. The van der Waals surface area contributed by atoms with Crippen LogP contribution in [0.25, 0.3) is 10.9 Å². The van der Waals surface area contributed by atoms with Crippen LogP contribution in [0.5, 0.6) is 0 Å². The van der Waals surface area contributed by atoms with E-state index in [0.29, 0.717) is 10.4 Å². The highest BCUT2D eigenvalue weighted by molar-refractivity contribution is 9.10. The molecule has 0 unspecified atom stereocenters. The number of hydrogen-bond donors (Lipinski definition) is 1. The molecule has 0 atom stereocenters. The van der Waals surface area contributed by atoms with E-state index in [0.717, 1.165) is 22.2 Å². The fourth-order valence-electron chi connectivity index (χ4n) is 1.55. The molecule has 2 rings (SSSR count). The average Bonchev–Trinajstić information content (AvgIpc) is 2.42. The predicted molar refractivity (Wildman–Crippen MR) is 60.3 cm³/mol. The molecule has 1 N–H and O–H groups in total. The second kappa shape index (κ2) is 3.55. The van der Waals surface area contributed by atoms with Crippen LogP contribution in [0.15, 0.2) is 16.6 Å². The van der Waals surface area contributed by atoms with Crippen LogP contribution in [-0.4, -0.2) is 4.98 Å². The molecule has 1 aromatic carbocycles. The van der Waals surface area contributed by atoms with E-state index >= 15 is 0 Å². The first-order chi connectivity index (χ1) is 6.63. The van der Waals surface area contributed by atoms with Gasteiger partial charge in [-0.15, -0.1) is 11.6 Å². The molecule has 14 heavy (non-hydrogen) atoms. The molecule has 0 aliphatic heterocycles. The molecule has 0 saturated heterocycles. The largest absolute Gasteiger partial charge is 0.358 e. The first-order valence-corrected chi connectivity index (χ1v) is 5.48. The maximum atomic E-state index is 13.3. The van der Waals surface area contributed by atoms with Crippen molar-refractivity contribution < 1.29 is 4.39 Å². The zero-order valence-corrected chi connectivity index (χ0v) is 9.84. The average molecular weight is 277 g/mol. The fraction of sp³-hybridized carbons (Fsp3) is 0.200. The normalized spacial score (nSPS) is 11.1. The Hall–Kier alpha value is -0.540. The van der Waals surface area contributed by atoms with Crippen molar-refractivity contribution >= 4 is 38.4 Å². The van der Waals surface area contributed by atoms with Crippen LogP contribution in [-0.2, 0) is 5.88 Å². The van der Waals surface area contributed by atoms with Crippen LogP contribution in [0.3, 0.4) is 0 Å². The Balaban J connectivity index is 2.82. The van der Waals surface area contributed by atoms with Crippen molar-refractivity contribution in [2.24, 2.45) is 0 Å². The van der Waals surface area contributed by atoms with Crippen molar-refractivity contribution in [1.29, 1.82) is 0 Å². The van der Waals surface area contributed by atoms with Crippen LogP contribution in [0.1, 0.15) is 11.3 Å². The van der Waals surface area contributed by atoms with E-state index in [1.165, 1.54) is 6.07 Å². The van der Waals surface area contributed by atoms with Crippen molar-refractivity contribution in [2.75, 3.05) is 0 Å². The predicted octanol–water partition coefficient (Wildman–Crippen LogP) is 4.12. The number of alkyl halides is 1. The lowest BCUT2D eigenvalue weighted by atomic mass is 10.1. The molecule has 0 amide bonds. The van der Waals surface area contributed by atoms with E-state index in [2.05, 4.69) is 20.9 Å². The summed E-state index contributed by atoms with van der Waals surface area (Å²) in [7, 11) is 0. The van der Waals surface area contributed by atoms with Crippen molar-refractivity contribution in [3.63, 3.8) is 0 Å². The first-order valence-electron chi connectivity index (χ1n) is 4.15. The van der Waals surface area contributed by atoms with Gasteiger partial charge in [-0.25, -0.2) is 4.39 Å². The summed E-state index contributed by atoms with van der Waals surface area (Å²) in [6, 6.07) is 3.23. The number of H-pyrrole nitrogens is 1. The summed E-state index contributed by atoms with van der Waals surface area (Å²) in [5.41, 5.74) is 2.87. The molecule has 0 spiro atoms. The summed E-state index contributed by atoms with van der Waals surface area (Å²) in [5, 5.41) is 0.859. The summed E-state index contributed by atoms with van der Waals surface area (Å²) in [5.74, 6) is 0.135. The van der Waals surface area contributed by atoms with Gasteiger partial charge in [0.15, 0.2) is 0 Å². The Bertz CT molecular complexity index is 492. The molecule has 2 aromatic rings. The fourth-order valence-corrected chi connectivity index (χ4v) is 2.24. The summed E-state index contributed by atoms with van der Waals surface area (Å²) in [6.45, 7) is 1.93. The lowest BCUT2D eigenvalue weighted by molar-refractivity contribution is 0.623. The number of aromatic nitrogens is 1. The minimum Gasteiger partial charge on any atom is -0.358 e. The first kappa shape index (κ1) is 9.99. The van der Waals surface area contributed by atoms with Gasteiger partial charge >= 0.3 is 0 Å². The van der Waals surface area contributed by atoms with E-state index in [4.69, 9.17) is 11.6 Å². The van der Waals surface area contributed by atoms with Crippen LogP contribution in [0.2, 0.25) is 0 Å². The molecular weight excluding hydrogens is 268 g/mol. The molecule has 74 valence electrons. The highest BCUT2D eigenvalue weighted by Gasteiger charge is 2.10. The van der Waals surface area contributed by atoms with Gasteiger partial charge < -0.3 is 4.98 Å². The number of aromatic amines is 1. The molecule has 0 aliphatic rings. The van der Waals surface area contributed by atoms with E-state index in [-0.39, 0.29) is 5.82 Å². The smallest absolute Gasteiger partial charge is 0.138 e. The Kier molecular flexibility index (Phi) is 2.54. The van der Waals surface area contributed by atoms with E-state index in [1.54, 1.807) is 6.07 Å². The van der Waals surface area contributed by atoms with Crippen molar-refractivity contribution in [2.45, 2.75) is 12.8 Å². The van der Waals surface area contributed by atoms with Gasteiger partial charge in [0.05, 0.1) is 4.47 Å². The number of nitrogens with one attached hydrogen (secondary N) is 1. The van der Waals surface area contributed by atoms with Crippen LogP contribution < -0.4 is 0 Å². The summed E-state index contributed by atoms with van der Waals surface area (Å²) >= 11 is 8.93. The number of aryl methyl sites for hydroxylation is 1. The van der Waals surface area contributed by atoms with Crippen LogP contribution in [0, 0.1) is 12.7 Å². The number of hydrogen-bond acceptors (Lipinski definition) is 0. The standard InChI is InChI=1S/C10H8BrClFN/c1-5-7(4-12)6-2-9(13)8(11)3-10(6)14-5/h2-3,14H,4H2,1H3. The molecule has 4 heteroatoms. The third-order valence-corrected chi connectivity index (χ3v) is 3.17. The molecule has 1 aromatic heterocycles. The molecule has 0 bridgehead atoms. The van der Waals surface area contributed by atoms with Gasteiger partial charge in [-0.2, -0.15) is 0 Å². The summed E-state index contributed by atoms with van der Waals surface area (Å²) in [4.78, 5) is 3.16. The molecule has 1 heterocycles. The van der Waals surface area contributed by atoms with Gasteiger partial charge in [0, 0.05) is 22.5 Å². The molecule has 0 saturated carbocycles. The van der Waals surface area contributed by atoms with Crippen LogP contribution in [0.4, 0.5) is 4.39 Å². The second-order valence-electron chi connectivity index (χ2n) is 3.17. The number of fused-ring (bicyclic) bond motifs is 1. The van der Waals surface area contributed by atoms with Gasteiger partial charge in [-0.1, -0.05) is 0 Å². The molecule has 1 nitrogen and oxygen atoms in total. The monoisotopic (exact) mass is 275 g/mol. The maximum absolute atomic E-state index is 13.3. The Morgan fingerprint density at radius 2 is 2.21 bits per heavy atom. The quantitative estimate of drug-likeness (QED) is 0.754. The van der Waals surface area contributed by atoms with E-state index < -0.39 is 0 Å². The Labute approximate surface area is 94.4 Å². The lowest BCUT2D eigenvalue weighted by Crippen LogP contribution is -1.80. The van der Waals surface area contributed by atoms with Gasteiger partial charge in [-0.3, -0.25) is 0 Å². The van der Waals surface area contributed by atoms with E-state index in [9.17, 15) is 4.39 Å². The minimum atomic E-state index is -0.261. The number of halogens is 3. The van der Waals surface area contributed by atoms with Crippen LogP contribution >= 0.6 is 27.5 Å². The van der Waals surface area contributed by atoms with Crippen molar-refractivity contribution in [3.05, 3.63) is 33.7 Å². The minimum absolute atomic E-state index is 0.261. The SMILES string of the molecule is Cc1[nH]c2cc(Br)c(F)cc2c1CCl. The number of rotatable bonds is 1. The Morgan fingerprint density at radius 3 is 2.86 bits per heavy atom. The maximum Gasteiger partial charge on any atom is 0.138 e. The second-order valence-corrected chi connectivity index (χ2v) is 4.30. The van der Waals surface area contributed by atoms with E-state index in [1.807, 2.05) is 6.92 Å².